The van der Waals surface area contributed by atoms with Crippen molar-refractivity contribution in [3.05, 3.63) is 105 Å². The molecular formula is C27H27Cl3O5. The Morgan fingerprint density at radius 2 is 0.943 bits per heavy atom. The van der Waals surface area contributed by atoms with Gasteiger partial charge in [0.05, 0.1) is 25.9 Å². The van der Waals surface area contributed by atoms with Gasteiger partial charge in [0.15, 0.2) is 6.29 Å². The average Bonchev–Trinajstić information content (AvgIpc) is 2.84. The normalized spacial score (nSPS) is 24.4. The second-order valence-corrected chi connectivity index (χ2v) is 9.75. The van der Waals surface area contributed by atoms with Crippen LogP contribution in [0.3, 0.4) is 0 Å². The molecule has 0 radical (unpaired) electrons. The van der Waals surface area contributed by atoms with Crippen LogP contribution in [0.2, 0.25) is 15.1 Å². The van der Waals surface area contributed by atoms with Crippen LogP contribution < -0.4 is 0 Å². The smallest absolute Gasteiger partial charge is 0.184 e. The van der Waals surface area contributed by atoms with Gasteiger partial charge in [-0.25, -0.2) is 0 Å². The van der Waals surface area contributed by atoms with Crippen molar-refractivity contribution in [2.24, 2.45) is 0 Å². The molecule has 5 nitrogen and oxygen atoms in total. The number of rotatable bonds is 9. The summed E-state index contributed by atoms with van der Waals surface area (Å²) in [5.74, 6) is 0. The molecule has 1 fully saturated rings. The molecule has 0 amide bonds. The summed E-state index contributed by atoms with van der Waals surface area (Å²) in [6.45, 7) is 2.73. The van der Waals surface area contributed by atoms with Crippen molar-refractivity contribution in [1.29, 1.82) is 0 Å². The minimum absolute atomic E-state index is 0.251. The summed E-state index contributed by atoms with van der Waals surface area (Å²) in [5.41, 5.74) is 2.81. The van der Waals surface area contributed by atoms with Crippen LogP contribution in [0.4, 0.5) is 0 Å². The van der Waals surface area contributed by atoms with Crippen molar-refractivity contribution in [2.45, 2.75) is 57.5 Å². The van der Waals surface area contributed by atoms with E-state index < -0.39 is 30.7 Å². The molecule has 186 valence electrons. The van der Waals surface area contributed by atoms with Crippen molar-refractivity contribution in [3.8, 4) is 0 Å². The number of hydrogen-bond acceptors (Lipinski definition) is 5. The molecule has 1 N–H and O–H groups in total. The van der Waals surface area contributed by atoms with Crippen molar-refractivity contribution in [1.82, 2.24) is 0 Å². The van der Waals surface area contributed by atoms with E-state index in [1.165, 1.54) is 0 Å². The van der Waals surface area contributed by atoms with Crippen LogP contribution in [0.25, 0.3) is 0 Å². The van der Waals surface area contributed by atoms with Crippen LogP contribution in [0, 0.1) is 0 Å². The number of aliphatic hydroxyl groups is 1. The summed E-state index contributed by atoms with van der Waals surface area (Å²) in [6.07, 6.45) is -3.46. The molecule has 0 aliphatic carbocycles. The second kappa shape index (κ2) is 12.5. The molecule has 8 heteroatoms. The lowest BCUT2D eigenvalue weighted by atomic mass is 9.98. The zero-order chi connectivity index (χ0) is 24.8. The van der Waals surface area contributed by atoms with Crippen molar-refractivity contribution < 1.29 is 24.1 Å². The molecule has 0 spiro atoms. The third kappa shape index (κ3) is 7.42. The Hall–Kier alpha value is -1.67. The zero-order valence-electron chi connectivity index (χ0n) is 19.2. The fraction of sp³-hybridized carbons (Fsp3) is 0.333. The van der Waals surface area contributed by atoms with Crippen LogP contribution in [0.15, 0.2) is 72.8 Å². The molecule has 1 saturated heterocycles. The number of halogens is 3. The Morgan fingerprint density at radius 1 is 0.600 bits per heavy atom. The summed E-state index contributed by atoms with van der Waals surface area (Å²) >= 11 is 18.0. The van der Waals surface area contributed by atoms with Gasteiger partial charge in [0, 0.05) is 15.1 Å². The molecule has 0 bridgehead atoms. The van der Waals surface area contributed by atoms with Crippen LogP contribution in [0.5, 0.6) is 0 Å². The van der Waals surface area contributed by atoms with E-state index in [4.69, 9.17) is 53.8 Å². The summed E-state index contributed by atoms with van der Waals surface area (Å²) in [5, 5.41) is 12.7. The summed E-state index contributed by atoms with van der Waals surface area (Å²) in [6, 6.07) is 22.2. The SMILES string of the molecule is C[C@H]1O[C@H](O)[C@H](OCc2ccc(Cl)cc2)[C@@H](OCc2ccc(Cl)cc2)[C@H]1OCc1ccc(Cl)cc1. The van der Waals surface area contributed by atoms with Gasteiger partial charge in [0.25, 0.3) is 0 Å². The van der Waals surface area contributed by atoms with Gasteiger partial charge in [-0.2, -0.15) is 0 Å². The van der Waals surface area contributed by atoms with Crippen LogP contribution in [0.1, 0.15) is 23.6 Å². The minimum Gasteiger partial charge on any atom is -0.368 e. The van der Waals surface area contributed by atoms with Gasteiger partial charge in [-0.05, 0) is 60.0 Å². The van der Waals surface area contributed by atoms with Crippen LogP contribution in [-0.2, 0) is 38.8 Å². The van der Waals surface area contributed by atoms with Crippen LogP contribution in [-0.4, -0.2) is 35.8 Å². The first-order valence-electron chi connectivity index (χ1n) is 11.3. The summed E-state index contributed by atoms with van der Waals surface area (Å²) in [4.78, 5) is 0. The van der Waals surface area contributed by atoms with E-state index >= 15 is 0 Å². The highest BCUT2D eigenvalue weighted by Crippen LogP contribution is 2.29. The van der Waals surface area contributed by atoms with Gasteiger partial charge in [-0.3, -0.25) is 0 Å². The number of benzene rings is 3. The molecule has 1 heterocycles. The fourth-order valence-electron chi connectivity index (χ4n) is 3.91. The Morgan fingerprint density at radius 3 is 1.34 bits per heavy atom. The minimum atomic E-state index is -1.18. The van der Waals surface area contributed by atoms with E-state index in [-0.39, 0.29) is 6.61 Å². The van der Waals surface area contributed by atoms with Gasteiger partial charge in [-0.15, -0.1) is 0 Å². The Kier molecular flexibility index (Phi) is 9.45. The Bertz CT molecular complexity index is 998. The van der Waals surface area contributed by atoms with E-state index in [0.717, 1.165) is 16.7 Å². The molecule has 1 aliphatic heterocycles. The average molecular weight is 538 g/mol. The molecule has 3 aromatic carbocycles. The van der Waals surface area contributed by atoms with Crippen molar-refractivity contribution >= 4 is 34.8 Å². The first-order chi connectivity index (χ1) is 16.9. The molecular weight excluding hydrogens is 511 g/mol. The monoisotopic (exact) mass is 536 g/mol. The summed E-state index contributed by atoms with van der Waals surface area (Å²) < 4.78 is 24.5. The molecule has 35 heavy (non-hydrogen) atoms. The fourth-order valence-corrected chi connectivity index (χ4v) is 4.29. The summed E-state index contributed by atoms with van der Waals surface area (Å²) in [7, 11) is 0. The molecule has 3 aromatic rings. The highest BCUT2D eigenvalue weighted by molar-refractivity contribution is 6.31. The van der Waals surface area contributed by atoms with Gasteiger partial charge in [0.1, 0.15) is 18.3 Å². The second-order valence-electron chi connectivity index (χ2n) is 8.44. The quantitative estimate of drug-likeness (QED) is 0.340. The molecule has 1 aliphatic rings. The Labute approximate surface area is 220 Å². The maximum atomic E-state index is 10.8. The largest absolute Gasteiger partial charge is 0.368 e. The lowest BCUT2D eigenvalue weighted by molar-refractivity contribution is -0.308. The third-order valence-corrected chi connectivity index (χ3v) is 6.57. The van der Waals surface area contributed by atoms with Gasteiger partial charge >= 0.3 is 0 Å². The van der Waals surface area contributed by atoms with Gasteiger partial charge in [0.2, 0.25) is 0 Å². The molecule has 5 atom stereocenters. The van der Waals surface area contributed by atoms with E-state index in [2.05, 4.69) is 0 Å². The predicted molar refractivity (Wildman–Crippen MR) is 137 cm³/mol. The number of ether oxygens (including phenoxy) is 4. The lowest BCUT2D eigenvalue weighted by Gasteiger charge is -2.43. The highest BCUT2D eigenvalue weighted by atomic mass is 35.5. The van der Waals surface area contributed by atoms with Crippen LogP contribution >= 0.6 is 34.8 Å². The number of aliphatic hydroxyl groups excluding tert-OH is 1. The maximum absolute atomic E-state index is 10.8. The highest BCUT2D eigenvalue weighted by Gasteiger charge is 2.46. The first-order valence-corrected chi connectivity index (χ1v) is 12.4. The first kappa shape index (κ1) is 26.4. The topological polar surface area (TPSA) is 57.2 Å². The Balaban J connectivity index is 1.51. The molecule has 0 saturated carbocycles. The molecule has 4 rings (SSSR count). The van der Waals surface area contributed by atoms with E-state index in [0.29, 0.717) is 28.3 Å². The van der Waals surface area contributed by atoms with E-state index in [1.54, 1.807) is 12.1 Å². The van der Waals surface area contributed by atoms with Gasteiger partial charge in [-0.1, -0.05) is 71.2 Å². The molecule has 0 unspecified atom stereocenters. The predicted octanol–water partition coefficient (Wildman–Crippen LogP) is 6.44. The zero-order valence-corrected chi connectivity index (χ0v) is 21.4. The molecule has 0 aromatic heterocycles. The van der Waals surface area contributed by atoms with Gasteiger partial charge < -0.3 is 24.1 Å². The van der Waals surface area contributed by atoms with Crippen molar-refractivity contribution in [3.63, 3.8) is 0 Å². The maximum Gasteiger partial charge on any atom is 0.184 e. The number of hydrogen-bond donors (Lipinski definition) is 1. The third-order valence-electron chi connectivity index (χ3n) is 5.81. The van der Waals surface area contributed by atoms with E-state index in [1.807, 2.05) is 67.6 Å². The van der Waals surface area contributed by atoms with Crippen molar-refractivity contribution in [2.75, 3.05) is 0 Å². The lowest BCUT2D eigenvalue weighted by Crippen LogP contribution is -2.59. The standard InChI is InChI=1S/C27H27Cl3O5/c1-17-24(32-14-18-2-8-21(28)9-3-18)25(33-15-19-4-10-22(29)11-5-19)26(27(31)35-17)34-16-20-6-12-23(30)13-7-20/h2-13,17,24-27,31H,14-16H2,1H3/t17-,24+,25+,26-,27+/m1/s1. The van der Waals surface area contributed by atoms with E-state index in [9.17, 15) is 5.11 Å².